The molecule has 7 aromatic carbocycles. The lowest BCUT2D eigenvalue weighted by Crippen LogP contribution is -1.98. The molecule has 10 rings (SSSR count). The van der Waals surface area contributed by atoms with E-state index >= 15 is 0 Å². The average molecular weight is 650 g/mol. The van der Waals surface area contributed by atoms with Gasteiger partial charge in [-0.1, -0.05) is 140 Å². The van der Waals surface area contributed by atoms with Gasteiger partial charge in [-0.3, -0.25) is 9.55 Å². The van der Waals surface area contributed by atoms with Crippen molar-refractivity contribution in [2.24, 2.45) is 0 Å². The quantitative estimate of drug-likeness (QED) is 0.174. The van der Waals surface area contributed by atoms with Crippen molar-refractivity contribution in [3.05, 3.63) is 188 Å². The summed E-state index contributed by atoms with van der Waals surface area (Å²) in [4.78, 5) is 9.83. The van der Waals surface area contributed by atoms with Gasteiger partial charge in [-0.25, -0.2) is 4.98 Å². The van der Waals surface area contributed by atoms with E-state index in [0.29, 0.717) is 0 Å². The molecule has 0 saturated carbocycles. The van der Waals surface area contributed by atoms with Gasteiger partial charge in [0.2, 0.25) is 0 Å². The standard InChI is InChI=1S/C48H31N3/c1-3-13-32(14-4-1)34-25-26-44-41(30-34)42-31-49-28-27-45(42)51(44)46-24-12-23-43(50-46)35-17-11-18-36(29-35)48-39-21-9-7-19-37(39)47(33-15-5-2-6-16-33)38-20-8-10-22-40(38)48/h1-31H. The Hall–Kier alpha value is -6.84. The predicted molar refractivity (Wildman–Crippen MR) is 213 cm³/mol. The third-order valence-electron chi connectivity index (χ3n) is 10.1. The van der Waals surface area contributed by atoms with Gasteiger partial charge in [-0.05, 0) is 91.3 Å². The molecule has 0 N–H and O–H groups in total. The van der Waals surface area contributed by atoms with Crippen LogP contribution in [0.15, 0.2) is 188 Å². The molecule has 0 aliphatic carbocycles. The van der Waals surface area contributed by atoms with E-state index in [9.17, 15) is 0 Å². The van der Waals surface area contributed by atoms with Gasteiger partial charge in [0, 0.05) is 28.7 Å². The van der Waals surface area contributed by atoms with Crippen LogP contribution in [0.4, 0.5) is 0 Å². The fourth-order valence-electron chi connectivity index (χ4n) is 7.82. The number of pyridine rings is 2. The van der Waals surface area contributed by atoms with Crippen LogP contribution in [0.5, 0.6) is 0 Å². The van der Waals surface area contributed by atoms with Gasteiger partial charge < -0.3 is 0 Å². The number of fused-ring (bicyclic) bond motifs is 5. The molecule has 0 aliphatic heterocycles. The molecule has 0 aliphatic rings. The Morgan fingerprint density at radius 1 is 0.353 bits per heavy atom. The second-order valence-corrected chi connectivity index (χ2v) is 13.0. The Morgan fingerprint density at radius 3 is 1.63 bits per heavy atom. The zero-order valence-corrected chi connectivity index (χ0v) is 27.7. The lowest BCUT2D eigenvalue weighted by molar-refractivity contribution is 1.08. The second kappa shape index (κ2) is 11.9. The Morgan fingerprint density at radius 2 is 0.922 bits per heavy atom. The van der Waals surface area contributed by atoms with Crippen molar-refractivity contribution < 1.29 is 0 Å². The molecule has 3 heteroatoms. The van der Waals surface area contributed by atoms with Crippen molar-refractivity contribution in [3.8, 4) is 50.5 Å². The maximum atomic E-state index is 5.32. The summed E-state index contributed by atoms with van der Waals surface area (Å²) in [7, 11) is 0. The Balaban J connectivity index is 1.14. The average Bonchev–Trinajstić information content (AvgIpc) is 3.54. The summed E-state index contributed by atoms with van der Waals surface area (Å²) in [5.41, 5.74) is 11.5. The molecule has 3 heterocycles. The number of rotatable bonds is 5. The highest BCUT2D eigenvalue weighted by Crippen LogP contribution is 2.44. The molecule has 0 radical (unpaired) electrons. The summed E-state index contributed by atoms with van der Waals surface area (Å²) in [5, 5.41) is 7.24. The lowest BCUT2D eigenvalue weighted by Gasteiger charge is -2.18. The molecular formula is C48H31N3. The van der Waals surface area contributed by atoms with Crippen molar-refractivity contribution in [3.63, 3.8) is 0 Å². The smallest absolute Gasteiger partial charge is 0.138 e. The highest BCUT2D eigenvalue weighted by atomic mass is 15.1. The molecule has 0 unspecified atom stereocenters. The largest absolute Gasteiger partial charge is 0.294 e. The monoisotopic (exact) mass is 649 g/mol. The first-order valence-electron chi connectivity index (χ1n) is 17.3. The highest BCUT2D eigenvalue weighted by Gasteiger charge is 2.18. The number of benzene rings is 7. The van der Waals surface area contributed by atoms with Crippen molar-refractivity contribution in [2.75, 3.05) is 0 Å². The molecule has 0 saturated heterocycles. The molecule has 3 aromatic heterocycles. The molecular weight excluding hydrogens is 619 g/mol. The minimum atomic E-state index is 0.875. The molecule has 0 bridgehead atoms. The molecule has 0 fully saturated rings. The van der Waals surface area contributed by atoms with Crippen LogP contribution < -0.4 is 0 Å². The summed E-state index contributed by atoms with van der Waals surface area (Å²) in [5.74, 6) is 0.875. The van der Waals surface area contributed by atoms with E-state index in [1.807, 2.05) is 12.4 Å². The molecule has 0 spiro atoms. The zero-order chi connectivity index (χ0) is 33.7. The summed E-state index contributed by atoms with van der Waals surface area (Å²) < 4.78 is 2.26. The van der Waals surface area contributed by atoms with Crippen molar-refractivity contribution in [1.82, 2.24) is 14.5 Å². The van der Waals surface area contributed by atoms with E-state index in [1.54, 1.807) is 0 Å². The first-order chi connectivity index (χ1) is 25.3. The van der Waals surface area contributed by atoms with Gasteiger partial charge in [0.25, 0.3) is 0 Å². The van der Waals surface area contributed by atoms with Gasteiger partial charge in [0.15, 0.2) is 0 Å². The Bertz CT molecular complexity index is 2850. The van der Waals surface area contributed by atoms with Crippen molar-refractivity contribution in [1.29, 1.82) is 0 Å². The molecule has 0 amide bonds. The molecule has 10 aromatic rings. The normalized spacial score (nSPS) is 11.5. The minimum absolute atomic E-state index is 0.875. The van der Waals surface area contributed by atoms with Gasteiger partial charge in [0.1, 0.15) is 5.82 Å². The van der Waals surface area contributed by atoms with Gasteiger partial charge >= 0.3 is 0 Å². The van der Waals surface area contributed by atoms with Crippen LogP contribution in [0, 0.1) is 0 Å². The first kappa shape index (κ1) is 29.1. The van der Waals surface area contributed by atoms with Crippen LogP contribution in [0.3, 0.4) is 0 Å². The molecule has 3 nitrogen and oxygen atoms in total. The van der Waals surface area contributed by atoms with Gasteiger partial charge in [-0.15, -0.1) is 0 Å². The van der Waals surface area contributed by atoms with E-state index < -0.39 is 0 Å². The van der Waals surface area contributed by atoms with Crippen molar-refractivity contribution >= 4 is 43.4 Å². The molecule has 238 valence electrons. The fourth-order valence-corrected chi connectivity index (χ4v) is 7.82. The maximum Gasteiger partial charge on any atom is 0.138 e. The van der Waals surface area contributed by atoms with Crippen LogP contribution in [-0.4, -0.2) is 14.5 Å². The highest BCUT2D eigenvalue weighted by molar-refractivity contribution is 6.21. The zero-order valence-electron chi connectivity index (χ0n) is 27.7. The number of hydrogen-bond donors (Lipinski definition) is 0. The number of aromatic nitrogens is 3. The summed E-state index contributed by atoms with van der Waals surface area (Å²) in [6.45, 7) is 0. The molecule has 0 atom stereocenters. The van der Waals surface area contributed by atoms with Crippen LogP contribution >= 0.6 is 0 Å². The topological polar surface area (TPSA) is 30.7 Å². The van der Waals surface area contributed by atoms with E-state index in [-0.39, 0.29) is 0 Å². The van der Waals surface area contributed by atoms with Crippen LogP contribution in [0.1, 0.15) is 0 Å². The number of nitrogens with zero attached hydrogens (tertiary/aromatic N) is 3. The van der Waals surface area contributed by atoms with Gasteiger partial charge in [-0.2, -0.15) is 0 Å². The molecule has 51 heavy (non-hydrogen) atoms. The third kappa shape index (κ3) is 4.82. The SMILES string of the molecule is c1ccc(-c2ccc3c(c2)c2cnccc2n3-c2cccc(-c3cccc(-c4c5ccccc5c(-c5ccccc5)c5ccccc45)c3)n2)cc1. The summed E-state index contributed by atoms with van der Waals surface area (Å²) in [6, 6.07) is 62.8. The lowest BCUT2D eigenvalue weighted by atomic mass is 9.85. The fraction of sp³-hybridized carbons (Fsp3) is 0. The Labute approximate surface area is 295 Å². The Kier molecular flexibility index (Phi) is 6.81. The van der Waals surface area contributed by atoms with E-state index in [1.165, 1.54) is 54.9 Å². The van der Waals surface area contributed by atoms with Crippen LogP contribution in [0.25, 0.3) is 93.8 Å². The second-order valence-electron chi connectivity index (χ2n) is 13.0. The van der Waals surface area contributed by atoms with Crippen LogP contribution in [-0.2, 0) is 0 Å². The summed E-state index contributed by atoms with van der Waals surface area (Å²) in [6.07, 6.45) is 3.83. The van der Waals surface area contributed by atoms with E-state index in [2.05, 4.69) is 185 Å². The van der Waals surface area contributed by atoms with Crippen molar-refractivity contribution in [2.45, 2.75) is 0 Å². The minimum Gasteiger partial charge on any atom is -0.294 e. The maximum absolute atomic E-state index is 5.32. The summed E-state index contributed by atoms with van der Waals surface area (Å²) >= 11 is 0. The predicted octanol–water partition coefficient (Wildman–Crippen LogP) is 12.5. The third-order valence-corrected chi connectivity index (χ3v) is 10.1. The van der Waals surface area contributed by atoms with Crippen LogP contribution in [0.2, 0.25) is 0 Å². The number of hydrogen-bond acceptors (Lipinski definition) is 2. The first-order valence-corrected chi connectivity index (χ1v) is 17.3. The van der Waals surface area contributed by atoms with E-state index in [0.717, 1.165) is 38.9 Å². The van der Waals surface area contributed by atoms with E-state index in [4.69, 9.17) is 4.98 Å². The van der Waals surface area contributed by atoms with Gasteiger partial charge in [0.05, 0.1) is 16.7 Å².